The first-order valence-electron chi connectivity index (χ1n) is 10.1. The Kier molecular flexibility index (Phi) is 7.77. The Balaban J connectivity index is 1.77. The Labute approximate surface area is 207 Å². The van der Waals surface area contributed by atoms with E-state index in [-0.39, 0.29) is 50.0 Å². The van der Waals surface area contributed by atoms with Gasteiger partial charge < -0.3 is 24.9 Å². The number of non-ortho nitro benzene ring substituents is 1. The zero-order valence-corrected chi connectivity index (χ0v) is 20.3. The summed E-state index contributed by atoms with van der Waals surface area (Å²) in [5, 5.41) is 13.7. The van der Waals surface area contributed by atoms with Crippen LogP contribution in [0, 0.1) is 17.0 Å². The van der Waals surface area contributed by atoms with Crippen molar-refractivity contribution >= 4 is 51.4 Å². The first-order chi connectivity index (χ1) is 16.5. The van der Waals surface area contributed by atoms with Crippen LogP contribution in [0.1, 0.15) is 55.8 Å². The third-order valence-corrected chi connectivity index (χ3v) is 6.06. The zero-order valence-electron chi connectivity index (χ0n) is 18.7. The van der Waals surface area contributed by atoms with E-state index in [2.05, 4.69) is 5.32 Å². The molecule has 2 aromatic heterocycles. The fourth-order valence-corrected chi connectivity index (χ4v) is 4.18. The Morgan fingerprint density at radius 3 is 2.60 bits per heavy atom. The van der Waals surface area contributed by atoms with Crippen LogP contribution in [0.4, 0.5) is 10.7 Å². The summed E-state index contributed by atoms with van der Waals surface area (Å²) >= 11 is 6.86. The molecule has 11 nitrogen and oxygen atoms in total. The van der Waals surface area contributed by atoms with Gasteiger partial charge in [-0.2, -0.15) is 0 Å². The van der Waals surface area contributed by atoms with Gasteiger partial charge in [0.15, 0.2) is 5.76 Å². The molecule has 0 atom stereocenters. The van der Waals surface area contributed by atoms with Crippen LogP contribution in [-0.4, -0.2) is 28.8 Å². The van der Waals surface area contributed by atoms with Gasteiger partial charge in [-0.15, -0.1) is 11.3 Å². The van der Waals surface area contributed by atoms with Crippen molar-refractivity contribution in [2.75, 3.05) is 5.32 Å². The van der Waals surface area contributed by atoms with E-state index in [4.69, 9.17) is 31.2 Å². The number of nitro benzene ring substituents is 1. The summed E-state index contributed by atoms with van der Waals surface area (Å²) in [4.78, 5) is 47.5. The van der Waals surface area contributed by atoms with Gasteiger partial charge in [0.2, 0.25) is 0 Å². The highest BCUT2D eigenvalue weighted by molar-refractivity contribution is 7.18. The molecule has 0 aliphatic rings. The van der Waals surface area contributed by atoms with Gasteiger partial charge in [-0.3, -0.25) is 19.7 Å². The van der Waals surface area contributed by atoms with Gasteiger partial charge in [-0.25, -0.2) is 4.79 Å². The standard InChI is InChI=1S/C22H20ClN3O8S/c1-10(2)33-22(29)17-11(3)18(19(24)27)35-21(17)25-20(28)15-7-5-13(34-15)9-32-16-8-12(26(30)31)4-6-14(16)23/h4-8,10H,9H2,1-3H3,(H2,24,27)(H,25,28). The number of thiophene rings is 1. The van der Waals surface area contributed by atoms with Crippen molar-refractivity contribution in [1.82, 2.24) is 0 Å². The molecule has 0 saturated heterocycles. The van der Waals surface area contributed by atoms with Crippen LogP contribution in [0.2, 0.25) is 5.02 Å². The van der Waals surface area contributed by atoms with Gasteiger partial charge in [-0.1, -0.05) is 11.6 Å². The number of nitrogens with zero attached hydrogens (tertiary/aromatic N) is 1. The number of primary amides is 1. The summed E-state index contributed by atoms with van der Waals surface area (Å²) < 4.78 is 16.2. The summed E-state index contributed by atoms with van der Waals surface area (Å²) in [5.41, 5.74) is 5.52. The molecule has 13 heteroatoms. The maximum absolute atomic E-state index is 12.8. The van der Waals surface area contributed by atoms with E-state index >= 15 is 0 Å². The first-order valence-corrected chi connectivity index (χ1v) is 11.3. The van der Waals surface area contributed by atoms with Gasteiger partial charge in [0.05, 0.1) is 32.6 Å². The summed E-state index contributed by atoms with van der Waals surface area (Å²) in [6, 6.07) is 6.60. The van der Waals surface area contributed by atoms with Gasteiger partial charge in [0, 0.05) is 6.07 Å². The van der Waals surface area contributed by atoms with Crippen molar-refractivity contribution in [2.24, 2.45) is 5.73 Å². The number of anilines is 1. The second-order valence-corrected chi connectivity index (χ2v) is 8.89. The van der Waals surface area contributed by atoms with Crippen molar-refractivity contribution in [1.29, 1.82) is 0 Å². The maximum Gasteiger partial charge on any atom is 0.341 e. The normalized spacial score (nSPS) is 10.8. The lowest BCUT2D eigenvalue weighted by molar-refractivity contribution is -0.384. The highest BCUT2D eigenvalue weighted by Crippen LogP contribution is 2.34. The number of benzene rings is 1. The second-order valence-electron chi connectivity index (χ2n) is 7.46. The highest BCUT2D eigenvalue weighted by Gasteiger charge is 2.27. The van der Waals surface area contributed by atoms with Crippen LogP contribution in [0.3, 0.4) is 0 Å². The van der Waals surface area contributed by atoms with Crippen LogP contribution in [0.5, 0.6) is 5.75 Å². The first kappa shape index (κ1) is 25.7. The molecule has 3 rings (SSSR count). The summed E-state index contributed by atoms with van der Waals surface area (Å²) in [6.07, 6.45) is -0.422. The lowest BCUT2D eigenvalue weighted by Crippen LogP contribution is -2.17. The number of furan rings is 1. The number of nitro groups is 1. The third-order valence-electron chi connectivity index (χ3n) is 4.53. The average molecular weight is 522 g/mol. The van der Waals surface area contributed by atoms with Crippen molar-refractivity contribution in [2.45, 2.75) is 33.5 Å². The predicted octanol–water partition coefficient (Wildman–Crippen LogP) is 4.71. The summed E-state index contributed by atoms with van der Waals surface area (Å²) in [5.74, 6) is -1.95. The molecule has 184 valence electrons. The number of esters is 1. The van der Waals surface area contributed by atoms with Crippen molar-refractivity contribution < 1.29 is 33.2 Å². The molecule has 3 N–H and O–H groups in total. The van der Waals surface area contributed by atoms with Crippen molar-refractivity contribution in [3.05, 3.63) is 73.0 Å². The monoisotopic (exact) mass is 521 g/mol. The van der Waals surface area contributed by atoms with Crippen LogP contribution in [-0.2, 0) is 11.3 Å². The fourth-order valence-electron chi connectivity index (χ4n) is 2.96. The molecule has 35 heavy (non-hydrogen) atoms. The molecular weight excluding hydrogens is 502 g/mol. The molecule has 0 bridgehead atoms. The van der Waals surface area contributed by atoms with Gasteiger partial charge >= 0.3 is 5.97 Å². The minimum Gasteiger partial charge on any atom is -0.484 e. The lowest BCUT2D eigenvalue weighted by Gasteiger charge is -2.10. The second kappa shape index (κ2) is 10.6. The summed E-state index contributed by atoms with van der Waals surface area (Å²) in [7, 11) is 0. The molecule has 2 heterocycles. The Morgan fingerprint density at radius 2 is 1.97 bits per heavy atom. The number of hydrogen-bond acceptors (Lipinski definition) is 9. The molecule has 3 aromatic rings. The topological polar surface area (TPSA) is 164 Å². The molecule has 0 aliphatic carbocycles. The number of carbonyl (C=O) groups excluding carboxylic acids is 3. The molecule has 2 amide bonds. The molecule has 0 saturated carbocycles. The Morgan fingerprint density at radius 1 is 1.26 bits per heavy atom. The van der Waals surface area contributed by atoms with E-state index in [0.717, 1.165) is 11.3 Å². The molecular formula is C22H20ClN3O8S. The highest BCUT2D eigenvalue weighted by atomic mass is 35.5. The van der Waals surface area contributed by atoms with E-state index in [0.29, 0.717) is 5.56 Å². The molecule has 0 unspecified atom stereocenters. The van der Waals surface area contributed by atoms with Crippen LogP contribution >= 0.6 is 22.9 Å². The quantitative estimate of drug-likeness (QED) is 0.232. The average Bonchev–Trinajstić information content (AvgIpc) is 3.37. The summed E-state index contributed by atoms with van der Waals surface area (Å²) in [6.45, 7) is 4.70. The number of carbonyl (C=O) groups is 3. The predicted molar refractivity (Wildman–Crippen MR) is 127 cm³/mol. The zero-order chi connectivity index (χ0) is 25.9. The van der Waals surface area contributed by atoms with Gasteiger partial charge in [0.1, 0.15) is 23.1 Å². The van der Waals surface area contributed by atoms with Crippen LogP contribution in [0.25, 0.3) is 0 Å². The lowest BCUT2D eigenvalue weighted by atomic mass is 10.1. The van der Waals surface area contributed by atoms with Crippen molar-refractivity contribution in [3.63, 3.8) is 0 Å². The third kappa shape index (κ3) is 5.97. The molecule has 0 radical (unpaired) electrons. The number of nitrogens with one attached hydrogen (secondary N) is 1. The van der Waals surface area contributed by atoms with Crippen LogP contribution < -0.4 is 15.8 Å². The Bertz CT molecular complexity index is 1310. The van der Waals surface area contributed by atoms with Crippen molar-refractivity contribution in [3.8, 4) is 5.75 Å². The fraction of sp³-hybridized carbons (Fsp3) is 0.227. The smallest absolute Gasteiger partial charge is 0.341 e. The van der Waals surface area contributed by atoms with Crippen LogP contribution in [0.15, 0.2) is 34.7 Å². The van der Waals surface area contributed by atoms with E-state index < -0.39 is 28.8 Å². The molecule has 0 spiro atoms. The van der Waals surface area contributed by atoms with Gasteiger partial charge in [-0.05, 0) is 44.5 Å². The minimum absolute atomic E-state index is 0.0290. The maximum atomic E-state index is 12.8. The minimum atomic E-state index is -0.746. The van der Waals surface area contributed by atoms with E-state index in [1.807, 2.05) is 0 Å². The van der Waals surface area contributed by atoms with Gasteiger partial charge in [0.25, 0.3) is 17.5 Å². The number of amides is 2. The number of ether oxygens (including phenoxy) is 2. The van der Waals surface area contributed by atoms with E-state index in [1.54, 1.807) is 13.8 Å². The largest absolute Gasteiger partial charge is 0.484 e. The van der Waals surface area contributed by atoms with E-state index in [9.17, 15) is 24.5 Å². The number of halogens is 1. The SMILES string of the molecule is Cc1c(C(N)=O)sc(NC(=O)c2ccc(COc3cc([N+](=O)[O-])ccc3Cl)o2)c1C(=O)OC(C)C. The Hall–Kier alpha value is -3.90. The van der Waals surface area contributed by atoms with E-state index in [1.165, 1.54) is 37.3 Å². The number of nitrogens with two attached hydrogens (primary N) is 1. The molecule has 0 aliphatic heterocycles. The molecule has 0 fully saturated rings. The number of rotatable bonds is 9. The number of hydrogen-bond donors (Lipinski definition) is 2. The molecule has 1 aromatic carbocycles.